The standard InChI is InChI=1S/C44H77O10P/c1-3-5-7-9-11-13-15-17-19-20-22-23-25-27-29-31-33-35-43(47)51-39-42(40-53-55(49,50)52-38-41(46)37-45)54-44(48)36-34-32-30-28-26-24-21-18-16-14-12-10-8-6-4-2/h12,14,17-19,21-23,27,29,41-42,45-46H,3-11,13,15-16,20,24-26,28,30-40H2,1-2H3,(H,49,50)/b14-12-,19-17-,21-18-,23-22-,29-27-/t41-,42+/m0/s1. The molecule has 0 aliphatic carbocycles. The van der Waals surface area contributed by atoms with Crippen molar-refractivity contribution >= 4 is 19.8 Å². The van der Waals surface area contributed by atoms with E-state index in [-0.39, 0.29) is 19.4 Å². The molecule has 0 rings (SSSR count). The number of esters is 2. The molecule has 0 aromatic carbocycles. The molecular weight excluding hydrogens is 719 g/mol. The highest BCUT2D eigenvalue weighted by Crippen LogP contribution is 2.43. The van der Waals surface area contributed by atoms with Crippen molar-refractivity contribution in [3.05, 3.63) is 60.8 Å². The SMILES string of the molecule is CCCCC/C=C\C/C=C\CCCCCCCC(=O)O[C@H](COC(=O)CCC/C=C\C/C=C\C/C=C\CCCCCCCC)COP(=O)(O)OC[C@@H](O)CO. The van der Waals surface area contributed by atoms with Crippen LogP contribution in [0.25, 0.3) is 0 Å². The topological polar surface area (TPSA) is 149 Å². The minimum absolute atomic E-state index is 0.155. The molecule has 11 heteroatoms. The van der Waals surface area contributed by atoms with Crippen LogP contribution in [0, 0.1) is 0 Å². The number of carbonyl (C=O) groups excluding carboxylic acids is 2. The molecule has 0 amide bonds. The van der Waals surface area contributed by atoms with Gasteiger partial charge in [0.05, 0.1) is 19.8 Å². The molecule has 0 saturated heterocycles. The van der Waals surface area contributed by atoms with Crippen molar-refractivity contribution in [2.75, 3.05) is 26.4 Å². The molecule has 0 heterocycles. The van der Waals surface area contributed by atoms with Gasteiger partial charge in [-0.25, -0.2) is 4.57 Å². The summed E-state index contributed by atoms with van der Waals surface area (Å²) in [6.07, 6.45) is 43.3. The summed E-state index contributed by atoms with van der Waals surface area (Å²) in [5.41, 5.74) is 0. The van der Waals surface area contributed by atoms with Crippen LogP contribution in [0.2, 0.25) is 0 Å². The third kappa shape index (κ3) is 39.7. The van der Waals surface area contributed by atoms with E-state index in [4.69, 9.17) is 19.1 Å². The van der Waals surface area contributed by atoms with Crippen LogP contribution in [0.3, 0.4) is 0 Å². The summed E-state index contributed by atoms with van der Waals surface area (Å²) in [5.74, 6) is -1.01. The second-order valence-corrected chi connectivity index (χ2v) is 15.5. The molecule has 10 nitrogen and oxygen atoms in total. The van der Waals surface area contributed by atoms with Crippen LogP contribution in [0.15, 0.2) is 60.8 Å². The fraction of sp³-hybridized carbons (Fsp3) is 0.727. The highest BCUT2D eigenvalue weighted by atomic mass is 31.2. The number of hydrogen-bond acceptors (Lipinski definition) is 9. The summed E-state index contributed by atoms with van der Waals surface area (Å²) in [5, 5.41) is 18.3. The molecule has 0 aliphatic rings. The third-order valence-corrected chi connectivity index (χ3v) is 9.60. The molecule has 0 radical (unpaired) electrons. The quantitative estimate of drug-likeness (QED) is 0.0237. The van der Waals surface area contributed by atoms with Gasteiger partial charge in [0.15, 0.2) is 6.10 Å². The average molecular weight is 797 g/mol. The lowest BCUT2D eigenvalue weighted by atomic mass is 10.1. The van der Waals surface area contributed by atoms with Crippen LogP contribution in [-0.4, -0.2) is 65.7 Å². The normalized spacial score (nSPS) is 14.5. The van der Waals surface area contributed by atoms with Crippen LogP contribution in [-0.2, 0) is 32.7 Å². The summed E-state index contributed by atoms with van der Waals surface area (Å²) in [4.78, 5) is 34.9. The predicted octanol–water partition coefficient (Wildman–Crippen LogP) is 11.1. The Kier molecular flexibility index (Phi) is 38.2. The van der Waals surface area contributed by atoms with Gasteiger partial charge in [0.1, 0.15) is 12.7 Å². The number of phosphoric acid groups is 1. The molecule has 0 spiro atoms. The van der Waals surface area contributed by atoms with Crippen LogP contribution >= 0.6 is 7.82 Å². The highest BCUT2D eigenvalue weighted by molar-refractivity contribution is 7.47. The lowest BCUT2D eigenvalue weighted by Gasteiger charge is -2.20. The van der Waals surface area contributed by atoms with Gasteiger partial charge in [-0.2, -0.15) is 0 Å². The highest BCUT2D eigenvalue weighted by Gasteiger charge is 2.27. The minimum atomic E-state index is -4.63. The minimum Gasteiger partial charge on any atom is -0.462 e. The average Bonchev–Trinajstić information content (AvgIpc) is 3.17. The van der Waals surface area contributed by atoms with Crippen LogP contribution in [0.4, 0.5) is 0 Å². The third-order valence-electron chi connectivity index (χ3n) is 8.64. The fourth-order valence-corrected chi connectivity index (χ4v) is 6.12. The number of phosphoric ester groups is 1. The van der Waals surface area contributed by atoms with Crippen LogP contribution < -0.4 is 0 Å². The van der Waals surface area contributed by atoms with Crippen LogP contribution in [0.5, 0.6) is 0 Å². The zero-order valence-corrected chi connectivity index (χ0v) is 35.3. The number of aliphatic hydroxyl groups excluding tert-OH is 2. The van der Waals surface area contributed by atoms with E-state index >= 15 is 0 Å². The second kappa shape index (κ2) is 39.9. The van der Waals surface area contributed by atoms with Crippen molar-refractivity contribution in [1.29, 1.82) is 0 Å². The molecule has 0 saturated carbocycles. The number of rotatable bonds is 39. The summed E-state index contributed by atoms with van der Waals surface area (Å²) in [7, 11) is -4.63. The Morgan fingerprint density at radius 1 is 0.545 bits per heavy atom. The lowest BCUT2D eigenvalue weighted by molar-refractivity contribution is -0.161. The molecule has 0 bridgehead atoms. The predicted molar refractivity (Wildman–Crippen MR) is 224 cm³/mol. The first-order valence-electron chi connectivity index (χ1n) is 21.2. The molecular formula is C44H77O10P. The Balaban J connectivity index is 4.43. The smallest absolute Gasteiger partial charge is 0.462 e. The van der Waals surface area contributed by atoms with Crippen molar-refractivity contribution in [2.45, 2.75) is 180 Å². The summed E-state index contributed by atoms with van der Waals surface area (Å²) in [6.45, 7) is 2.26. The molecule has 0 aromatic rings. The van der Waals surface area contributed by atoms with Gasteiger partial charge in [0, 0.05) is 12.8 Å². The zero-order chi connectivity index (χ0) is 40.5. The summed E-state index contributed by atoms with van der Waals surface area (Å²) in [6, 6.07) is 0. The van der Waals surface area contributed by atoms with Crippen molar-refractivity contribution in [3.63, 3.8) is 0 Å². The van der Waals surface area contributed by atoms with E-state index in [9.17, 15) is 24.2 Å². The first-order chi connectivity index (χ1) is 26.7. The Morgan fingerprint density at radius 2 is 0.964 bits per heavy atom. The number of allylic oxidation sites excluding steroid dienone is 10. The molecule has 0 aromatic heterocycles. The summed E-state index contributed by atoms with van der Waals surface area (Å²) >= 11 is 0. The van der Waals surface area contributed by atoms with E-state index in [1.807, 2.05) is 6.08 Å². The van der Waals surface area contributed by atoms with Crippen molar-refractivity contribution in [2.24, 2.45) is 0 Å². The Morgan fingerprint density at radius 3 is 1.51 bits per heavy atom. The number of aliphatic hydroxyl groups is 2. The zero-order valence-electron chi connectivity index (χ0n) is 34.4. The van der Waals surface area contributed by atoms with Gasteiger partial charge < -0.3 is 24.6 Å². The number of carbonyl (C=O) groups is 2. The number of unbranched alkanes of at least 4 members (excludes halogenated alkanes) is 15. The number of ether oxygens (including phenoxy) is 2. The maximum atomic E-state index is 12.6. The molecule has 0 fully saturated rings. The van der Waals surface area contributed by atoms with E-state index in [0.29, 0.717) is 19.3 Å². The van der Waals surface area contributed by atoms with Gasteiger partial charge in [0.2, 0.25) is 0 Å². The molecule has 3 N–H and O–H groups in total. The monoisotopic (exact) mass is 797 g/mol. The summed E-state index contributed by atoms with van der Waals surface area (Å²) < 4.78 is 32.6. The molecule has 3 atom stereocenters. The lowest BCUT2D eigenvalue weighted by Crippen LogP contribution is -2.29. The van der Waals surface area contributed by atoms with Crippen molar-refractivity contribution in [3.8, 4) is 0 Å². The van der Waals surface area contributed by atoms with E-state index in [0.717, 1.165) is 64.2 Å². The van der Waals surface area contributed by atoms with E-state index in [1.54, 1.807) is 0 Å². The van der Waals surface area contributed by atoms with Gasteiger partial charge in [-0.05, 0) is 77.0 Å². The molecule has 318 valence electrons. The van der Waals surface area contributed by atoms with Crippen molar-refractivity contribution < 1.29 is 47.8 Å². The Hall–Kier alpha value is -2.33. The van der Waals surface area contributed by atoms with Gasteiger partial charge >= 0.3 is 19.8 Å². The van der Waals surface area contributed by atoms with Gasteiger partial charge in [-0.1, -0.05) is 139 Å². The van der Waals surface area contributed by atoms with E-state index in [1.165, 1.54) is 57.8 Å². The second-order valence-electron chi connectivity index (χ2n) is 14.0. The number of hydrogen-bond donors (Lipinski definition) is 3. The first-order valence-corrected chi connectivity index (χ1v) is 22.7. The Bertz CT molecular complexity index is 1100. The first kappa shape index (κ1) is 52.7. The molecule has 55 heavy (non-hydrogen) atoms. The van der Waals surface area contributed by atoms with Gasteiger partial charge in [-0.3, -0.25) is 18.6 Å². The maximum Gasteiger partial charge on any atom is 0.472 e. The molecule has 1 unspecified atom stereocenters. The van der Waals surface area contributed by atoms with Crippen molar-refractivity contribution in [1.82, 2.24) is 0 Å². The van der Waals surface area contributed by atoms with Gasteiger partial charge in [-0.15, -0.1) is 0 Å². The van der Waals surface area contributed by atoms with Crippen LogP contribution in [0.1, 0.15) is 168 Å². The molecule has 0 aliphatic heterocycles. The van der Waals surface area contributed by atoms with E-state index < -0.39 is 51.8 Å². The largest absolute Gasteiger partial charge is 0.472 e. The fourth-order valence-electron chi connectivity index (χ4n) is 5.33. The maximum absolute atomic E-state index is 12.6. The van der Waals surface area contributed by atoms with Gasteiger partial charge in [0.25, 0.3) is 0 Å². The Labute approximate surface area is 334 Å². The van der Waals surface area contributed by atoms with E-state index in [2.05, 4.69) is 73.1 Å².